The molecule has 0 spiro atoms. The Labute approximate surface area is 101 Å². The van der Waals surface area contributed by atoms with E-state index in [1.165, 1.54) is 0 Å². The Bertz CT molecular complexity index is 317. The molecule has 2 aliphatic rings. The molecule has 0 bridgehead atoms. The fourth-order valence-electron chi connectivity index (χ4n) is 2.15. The van der Waals surface area contributed by atoms with Gasteiger partial charge in [0.1, 0.15) is 6.04 Å². The Morgan fingerprint density at radius 3 is 2.76 bits per heavy atom. The van der Waals surface area contributed by atoms with Crippen molar-refractivity contribution in [3.63, 3.8) is 0 Å². The average molecular weight is 240 g/mol. The Morgan fingerprint density at radius 1 is 1.47 bits per heavy atom. The van der Waals surface area contributed by atoms with Crippen LogP contribution in [0, 0.1) is 0 Å². The zero-order chi connectivity index (χ0) is 12.4. The quantitative estimate of drug-likeness (QED) is 0.553. The second-order valence-electron chi connectivity index (χ2n) is 4.82. The summed E-state index contributed by atoms with van der Waals surface area (Å²) in [6.45, 7) is 3.81. The van der Waals surface area contributed by atoms with E-state index in [4.69, 9.17) is 5.73 Å². The zero-order valence-electron chi connectivity index (χ0n) is 10.1. The van der Waals surface area contributed by atoms with Crippen molar-refractivity contribution in [2.75, 3.05) is 19.6 Å². The van der Waals surface area contributed by atoms with Crippen LogP contribution < -0.4 is 16.4 Å². The minimum absolute atomic E-state index is 0.000602. The Hall–Kier alpha value is -1.14. The zero-order valence-corrected chi connectivity index (χ0v) is 10.1. The summed E-state index contributed by atoms with van der Waals surface area (Å²) < 4.78 is 0. The summed E-state index contributed by atoms with van der Waals surface area (Å²) in [5, 5.41) is 6.08. The minimum atomic E-state index is -0.385. The number of nitrogens with zero attached hydrogens (tertiary/aromatic N) is 1. The fraction of sp³-hybridized carbons (Fsp3) is 0.818. The van der Waals surface area contributed by atoms with Crippen molar-refractivity contribution in [2.45, 2.75) is 37.9 Å². The van der Waals surface area contributed by atoms with Gasteiger partial charge < -0.3 is 16.4 Å². The predicted octanol–water partition coefficient (Wildman–Crippen LogP) is -1.59. The Balaban J connectivity index is 1.96. The number of carbonyl (C=O) groups is 2. The molecule has 1 saturated carbocycles. The molecule has 1 aliphatic heterocycles. The predicted molar refractivity (Wildman–Crippen MR) is 63.2 cm³/mol. The molecule has 1 saturated heterocycles. The van der Waals surface area contributed by atoms with Gasteiger partial charge in [-0.3, -0.25) is 14.5 Å². The van der Waals surface area contributed by atoms with E-state index in [-0.39, 0.29) is 23.9 Å². The summed E-state index contributed by atoms with van der Waals surface area (Å²) in [6, 6.07) is -0.334. The largest absolute Gasteiger partial charge is 0.368 e. The average Bonchev–Trinajstić information content (AvgIpc) is 3.11. The van der Waals surface area contributed by atoms with E-state index in [0.717, 1.165) is 19.4 Å². The lowest BCUT2D eigenvalue weighted by atomic mass is 10.1. The van der Waals surface area contributed by atoms with Crippen molar-refractivity contribution >= 4 is 11.8 Å². The smallest absolute Gasteiger partial charge is 0.237 e. The maximum absolute atomic E-state index is 11.9. The van der Waals surface area contributed by atoms with E-state index in [9.17, 15) is 9.59 Å². The van der Waals surface area contributed by atoms with E-state index >= 15 is 0 Å². The molecule has 2 rings (SSSR count). The first-order valence-corrected chi connectivity index (χ1v) is 6.15. The lowest BCUT2D eigenvalue weighted by molar-refractivity contribution is -0.131. The van der Waals surface area contributed by atoms with Crippen molar-refractivity contribution < 1.29 is 9.59 Å². The molecule has 96 valence electrons. The fourth-order valence-corrected chi connectivity index (χ4v) is 2.15. The van der Waals surface area contributed by atoms with Crippen LogP contribution in [0.3, 0.4) is 0 Å². The molecular weight excluding hydrogens is 220 g/mol. The van der Waals surface area contributed by atoms with Crippen LogP contribution in [0.4, 0.5) is 0 Å². The second-order valence-corrected chi connectivity index (χ2v) is 4.82. The van der Waals surface area contributed by atoms with Crippen LogP contribution in [0.5, 0.6) is 0 Å². The number of hydrogen-bond acceptors (Lipinski definition) is 4. The number of primary amides is 1. The van der Waals surface area contributed by atoms with Gasteiger partial charge in [0.05, 0.1) is 6.04 Å². The molecule has 2 amide bonds. The molecule has 0 aromatic rings. The van der Waals surface area contributed by atoms with Crippen molar-refractivity contribution in [1.82, 2.24) is 15.5 Å². The molecule has 4 N–H and O–H groups in total. The van der Waals surface area contributed by atoms with Gasteiger partial charge in [-0.15, -0.1) is 0 Å². The van der Waals surface area contributed by atoms with E-state index in [2.05, 4.69) is 10.6 Å². The first kappa shape index (κ1) is 12.3. The van der Waals surface area contributed by atoms with E-state index in [0.29, 0.717) is 19.1 Å². The highest BCUT2D eigenvalue weighted by molar-refractivity contribution is 5.84. The number of hydrogen-bond donors (Lipinski definition) is 3. The van der Waals surface area contributed by atoms with Gasteiger partial charge in [-0.25, -0.2) is 0 Å². The monoisotopic (exact) mass is 240 g/mol. The van der Waals surface area contributed by atoms with Crippen molar-refractivity contribution in [2.24, 2.45) is 5.73 Å². The summed E-state index contributed by atoms with van der Waals surface area (Å²) in [7, 11) is 0. The number of amides is 2. The van der Waals surface area contributed by atoms with Crippen molar-refractivity contribution in [3.05, 3.63) is 0 Å². The second kappa shape index (κ2) is 5.01. The third-order valence-electron chi connectivity index (χ3n) is 3.41. The van der Waals surface area contributed by atoms with Crippen LogP contribution in [0.1, 0.15) is 19.8 Å². The summed E-state index contributed by atoms with van der Waals surface area (Å²) in [4.78, 5) is 25.2. The molecule has 2 fully saturated rings. The number of nitrogens with one attached hydrogen (secondary N) is 2. The summed E-state index contributed by atoms with van der Waals surface area (Å²) >= 11 is 0. The standard InChI is InChI=1S/C11H20N4O2/c1-7(11(17)14-8-2-3-8)15-5-4-13-6-9(15)10(12)16/h7-9,13H,2-6H2,1H3,(H2,12,16)(H,14,17). The highest BCUT2D eigenvalue weighted by Crippen LogP contribution is 2.19. The number of nitrogens with two attached hydrogens (primary N) is 1. The van der Waals surface area contributed by atoms with Gasteiger partial charge in [-0.2, -0.15) is 0 Å². The van der Waals surface area contributed by atoms with Gasteiger partial charge >= 0.3 is 0 Å². The number of carbonyl (C=O) groups excluding carboxylic acids is 2. The molecule has 6 nitrogen and oxygen atoms in total. The van der Waals surface area contributed by atoms with Crippen LogP contribution in [0.15, 0.2) is 0 Å². The molecule has 0 aromatic carbocycles. The molecule has 6 heteroatoms. The maximum Gasteiger partial charge on any atom is 0.237 e. The molecule has 17 heavy (non-hydrogen) atoms. The maximum atomic E-state index is 11.9. The van der Waals surface area contributed by atoms with Gasteiger partial charge in [0.15, 0.2) is 0 Å². The lowest BCUT2D eigenvalue weighted by Gasteiger charge is -2.37. The van der Waals surface area contributed by atoms with E-state index < -0.39 is 0 Å². The van der Waals surface area contributed by atoms with Crippen LogP contribution in [-0.2, 0) is 9.59 Å². The molecule has 1 aliphatic carbocycles. The molecule has 2 atom stereocenters. The Kier molecular flexibility index (Phi) is 3.63. The Morgan fingerprint density at radius 2 is 2.18 bits per heavy atom. The number of piperazine rings is 1. The van der Waals surface area contributed by atoms with Gasteiger partial charge in [0, 0.05) is 25.7 Å². The highest BCUT2D eigenvalue weighted by Gasteiger charge is 2.35. The van der Waals surface area contributed by atoms with Crippen LogP contribution >= 0.6 is 0 Å². The van der Waals surface area contributed by atoms with Crippen molar-refractivity contribution in [3.8, 4) is 0 Å². The van der Waals surface area contributed by atoms with E-state index in [1.807, 2.05) is 11.8 Å². The van der Waals surface area contributed by atoms with Crippen LogP contribution in [0.25, 0.3) is 0 Å². The van der Waals surface area contributed by atoms with Crippen LogP contribution in [-0.4, -0.2) is 54.5 Å². The third kappa shape index (κ3) is 2.95. The molecular formula is C11H20N4O2. The minimum Gasteiger partial charge on any atom is -0.368 e. The lowest BCUT2D eigenvalue weighted by Crippen LogP contribution is -2.62. The van der Waals surface area contributed by atoms with E-state index in [1.54, 1.807) is 0 Å². The van der Waals surface area contributed by atoms with Gasteiger partial charge in [-0.05, 0) is 19.8 Å². The summed E-state index contributed by atoms with van der Waals surface area (Å²) in [6.07, 6.45) is 2.14. The number of rotatable bonds is 4. The third-order valence-corrected chi connectivity index (χ3v) is 3.41. The molecule has 2 unspecified atom stereocenters. The molecule has 0 radical (unpaired) electrons. The summed E-state index contributed by atoms with van der Waals surface area (Å²) in [5.74, 6) is -0.371. The molecule has 1 heterocycles. The topological polar surface area (TPSA) is 87.5 Å². The van der Waals surface area contributed by atoms with Gasteiger partial charge in [0.25, 0.3) is 0 Å². The first-order valence-electron chi connectivity index (χ1n) is 6.15. The SMILES string of the molecule is CC(C(=O)NC1CC1)N1CCNCC1C(N)=O. The van der Waals surface area contributed by atoms with Gasteiger partial charge in [0.2, 0.25) is 11.8 Å². The van der Waals surface area contributed by atoms with Gasteiger partial charge in [-0.1, -0.05) is 0 Å². The van der Waals surface area contributed by atoms with Crippen LogP contribution in [0.2, 0.25) is 0 Å². The highest BCUT2D eigenvalue weighted by atomic mass is 16.2. The van der Waals surface area contributed by atoms with Crippen molar-refractivity contribution in [1.29, 1.82) is 0 Å². The summed E-state index contributed by atoms with van der Waals surface area (Å²) in [5.41, 5.74) is 5.36. The first-order chi connectivity index (χ1) is 8.09. The normalized spacial score (nSPS) is 27.5. The molecule has 0 aromatic heterocycles.